The Balaban J connectivity index is 1.40. The quantitative estimate of drug-likeness (QED) is 0.214. The van der Waals surface area contributed by atoms with Crippen LogP contribution in [0.5, 0.6) is 0 Å². The molecule has 3 aliphatic carbocycles. The monoisotopic (exact) mass is 769 g/mol. The molecule has 2 saturated heterocycles. The lowest BCUT2D eigenvalue weighted by molar-refractivity contribution is -0.144. The molecule has 3 saturated carbocycles. The van der Waals surface area contributed by atoms with Crippen molar-refractivity contribution in [1.82, 2.24) is 26.2 Å². The van der Waals surface area contributed by atoms with Crippen LogP contribution < -0.4 is 21.3 Å². The highest BCUT2D eigenvalue weighted by Crippen LogP contribution is 2.42. The molecule has 4 atom stereocenters. The van der Waals surface area contributed by atoms with E-state index in [0.717, 1.165) is 82.1 Å². The van der Waals surface area contributed by atoms with Gasteiger partial charge in [-0.15, -0.1) is 11.8 Å². The zero-order valence-corrected chi connectivity index (χ0v) is 32.9. The van der Waals surface area contributed by atoms with Gasteiger partial charge >= 0.3 is 6.03 Å². The standard InChI is InChI=1S/C36H59N5O7S3/c1-3-12-26(29(42)32(44)37-25-14-15-25)38-31(43)27-23-49-20-11-21-50-24-41(27)33(45)30(35(2)16-6-4-7-17-35)39-34(46)40-36(18-8-5-9-19-36)28-13-10-22-51(28,47)48/h25-28,30H,3-24H2,1-2H3,(H,37,44)(H,38,43)(H2,39,40,46)/t26-,27+,28-,30-/m1/s1. The number of hydrogen-bond donors (Lipinski definition) is 4. The van der Waals surface area contributed by atoms with Gasteiger partial charge in [0.05, 0.1) is 28.5 Å². The van der Waals surface area contributed by atoms with Crippen LogP contribution in [0.1, 0.15) is 123 Å². The molecular formula is C36H59N5O7S3. The number of rotatable bonds is 12. The third kappa shape index (κ3) is 10.2. The third-order valence-corrected chi connectivity index (χ3v) is 16.2. The first-order chi connectivity index (χ1) is 24.4. The zero-order valence-electron chi connectivity index (χ0n) is 30.5. The van der Waals surface area contributed by atoms with Gasteiger partial charge in [-0.1, -0.05) is 58.8 Å². The molecule has 4 N–H and O–H groups in total. The summed E-state index contributed by atoms with van der Waals surface area (Å²) >= 11 is 3.15. The van der Waals surface area contributed by atoms with Crippen molar-refractivity contribution in [3.8, 4) is 0 Å². The van der Waals surface area contributed by atoms with Crippen LogP contribution in [0.25, 0.3) is 0 Å². The van der Waals surface area contributed by atoms with Gasteiger partial charge in [0, 0.05) is 11.8 Å². The smallest absolute Gasteiger partial charge is 0.315 e. The van der Waals surface area contributed by atoms with Gasteiger partial charge in [-0.05, 0) is 81.1 Å². The van der Waals surface area contributed by atoms with Crippen molar-refractivity contribution in [3.05, 3.63) is 0 Å². The predicted octanol–water partition coefficient (Wildman–Crippen LogP) is 4.06. The average Bonchev–Trinajstić information content (AvgIpc) is 3.81. The zero-order chi connectivity index (χ0) is 36.6. The van der Waals surface area contributed by atoms with Crippen LogP contribution in [0, 0.1) is 5.41 Å². The van der Waals surface area contributed by atoms with Crippen molar-refractivity contribution in [3.63, 3.8) is 0 Å². The number of carbonyl (C=O) groups is 5. The summed E-state index contributed by atoms with van der Waals surface area (Å²) in [6, 6.07) is -3.39. The van der Waals surface area contributed by atoms with E-state index in [1.165, 1.54) is 0 Å². The molecule has 0 aromatic heterocycles. The van der Waals surface area contributed by atoms with Gasteiger partial charge in [-0.2, -0.15) is 11.8 Å². The lowest BCUT2D eigenvalue weighted by Gasteiger charge is -2.45. The molecule has 0 aromatic carbocycles. The van der Waals surface area contributed by atoms with Crippen molar-refractivity contribution < 1.29 is 32.4 Å². The summed E-state index contributed by atoms with van der Waals surface area (Å²) < 4.78 is 26.4. The molecule has 2 heterocycles. The van der Waals surface area contributed by atoms with Crippen LogP contribution in [0.2, 0.25) is 0 Å². The van der Waals surface area contributed by atoms with Gasteiger partial charge in [-0.25, -0.2) is 13.2 Å². The maximum Gasteiger partial charge on any atom is 0.315 e. The summed E-state index contributed by atoms with van der Waals surface area (Å²) in [4.78, 5) is 70.8. The first kappa shape index (κ1) is 40.2. The number of ketones is 1. The second-order valence-electron chi connectivity index (χ2n) is 15.7. The third-order valence-electron chi connectivity index (χ3n) is 11.7. The van der Waals surface area contributed by atoms with Crippen molar-refractivity contribution in [1.29, 1.82) is 0 Å². The van der Waals surface area contributed by atoms with Crippen LogP contribution in [0.4, 0.5) is 4.79 Å². The minimum absolute atomic E-state index is 0.00802. The SMILES string of the molecule is CCC[C@@H](NC(=O)[C@@H]1CSCCCSCN1C(=O)[C@@H](NC(=O)NC1([C@H]2CCCS2(=O)=O)CCCCC1)C1(C)CCCCC1)C(=O)C(=O)NC1CC1. The Morgan fingerprint density at radius 1 is 0.843 bits per heavy atom. The number of carbonyl (C=O) groups excluding carboxylic acids is 5. The highest BCUT2D eigenvalue weighted by atomic mass is 32.2. The van der Waals surface area contributed by atoms with Crippen LogP contribution in [-0.2, 0) is 29.0 Å². The summed E-state index contributed by atoms with van der Waals surface area (Å²) in [5, 5.41) is 11.2. The summed E-state index contributed by atoms with van der Waals surface area (Å²) in [6.45, 7) is 3.92. The number of sulfone groups is 1. The number of nitrogens with one attached hydrogen (secondary N) is 4. The molecule has 0 aromatic rings. The second kappa shape index (κ2) is 17.9. The highest BCUT2D eigenvalue weighted by molar-refractivity contribution is 8.00. The summed E-state index contributed by atoms with van der Waals surface area (Å²) in [7, 11) is -3.36. The fraction of sp³-hybridized carbons (Fsp3) is 0.861. The van der Waals surface area contributed by atoms with Gasteiger partial charge in [-0.3, -0.25) is 19.2 Å². The van der Waals surface area contributed by atoms with Crippen LogP contribution >= 0.6 is 23.5 Å². The van der Waals surface area contributed by atoms with E-state index in [4.69, 9.17) is 0 Å². The number of Topliss-reactive ketones (excluding diaryl/α,β-unsaturated/α-hetero) is 1. The van der Waals surface area contributed by atoms with E-state index in [2.05, 4.69) is 21.3 Å². The Hall–Kier alpha value is -2.00. The van der Waals surface area contributed by atoms with E-state index >= 15 is 0 Å². The molecule has 5 rings (SSSR count). The molecule has 15 heteroatoms. The fourth-order valence-electron chi connectivity index (χ4n) is 8.57. The van der Waals surface area contributed by atoms with Gasteiger partial charge < -0.3 is 26.2 Å². The molecule has 2 aliphatic heterocycles. The van der Waals surface area contributed by atoms with Crippen LogP contribution in [0.15, 0.2) is 0 Å². The van der Waals surface area contributed by atoms with Gasteiger partial charge in [0.15, 0.2) is 9.84 Å². The molecular weight excluding hydrogens is 711 g/mol. The highest BCUT2D eigenvalue weighted by Gasteiger charge is 2.51. The summed E-state index contributed by atoms with van der Waals surface area (Å²) in [5.41, 5.74) is -1.45. The van der Waals surface area contributed by atoms with E-state index in [0.29, 0.717) is 44.3 Å². The maximum absolute atomic E-state index is 15.0. The van der Waals surface area contributed by atoms with E-state index < -0.39 is 67.8 Å². The Morgan fingerprint density at radius 3 is 2.14 bits per heavy atom. The average molecular weight is 770 g/mol. The van der Waals surface area contributed by atoms with Gasteiger partial charge in [0.25, 0.3) is 5.91 Å². The molecule has 0 radical (unpaired) electrons. The molecule has 5 aliphatic rings. The molecule has 5 amide bonds. The van der Waals surface area contributed by atoms with Gasteiger partial charge in [0.2, 0.25) is 17.6 Å². The molecule has 5 fully saturated rings. The first-order valence-corrected chi connectivity index (χ1v) is 23.3. The minimum Gasteiger partial charge on any atom is -0.347 e. The maximum atomic E-state index is 15.0. The molecule has 0 unspecified atom stereocenters. The second-order valence-corrected chi connectivity index (χ2v) is 20.2. The first-order valence-electron chi connectivity index (χ1n) is 19.3. The van der Waals surface area contributed by atoms with Crippen LogP contribution in [-0.4, -0.2) is 107 Å². The molecule has 0 bridgehead atoms. The number of hydrogen-bond acceptors (Lipinski definition) is 9. The lowest BCUT2D eigenvalue weighted by atomic mass is 9.70. The van der Waals surface area contributed by atoms with Crippen molar-refractivity contribution >= 4 is 62.9 Å². The number of amides is 5. The lowest BCUT2D eigenvalue weighted by Crippen LogP contribution is -2.66. The molecule has 288 valence electrons. The molecule has 0 spiro atoms. The van der Waals surface area contributed by atoms with E-state index in [1.807, 2.05) is 13.8 Å². The van der Waals surface area contributed by atoms with E-state index in [1.54, 1.807) is 28.4 Å². The van der Waals surface area contributed by atoms with Crippen LogP contribution in [0.3, 0.4) is 0 Å². The Morgan fingerprint density at radius 2 is 1.51 bits per heavy atom. The largest absolute Gasteiger partial charge is 0.347 e. The van der Waals surface area contributed by atoms with Crippen molar-refractivity contribution in [2.75, 3.05) is 28.9 Å². The fourth-order valence-corrected chi connectivity index (χ4v) is 13.2. The van der Waals surface area contributed by atoms with Crippen molar-refractivity contribution in [2.45, 2.75) is 158 Å². The Kier molecular flexibility index (Phi) is 14.1. The van der Waals surface area contributed by atoms with E-state index in [-0.39, 0.29) is 23.6 Å². The minimum atomic E-state index is -3.36. The van der Waals surface area contributed by atoms with Gasteiger partial charge in [0.1, 0.15) is 12.1 Å². The number of urea groups is 1. The molecule has 12 nitrogen and oxygen atoms in total. The number of nitrogens with zero attached hydrogens (tertiary/aromatic N) is 1. The topological polar surface area (TPSA) is 171 Å². The van der Waals surface area contributed by atoms with E-state index in [9.17, 15) is 32.4 Å². The number of thioether (sulfide) groups is 2. The normalized spacial score (nSPS) is 27.4. The summed E-state index contributed by atoms with van der Waals surface area (Å²) in [5.74, 6) is 0.119. The summed E-state index contributed by atoms with van der Waals surface area (Å²) in [6.07, 6.45) is 12.7. The molecule has 51 heavy (non-hydrogen) atoms. The predicted molar refractivity (Wildman–Crippen MR) is 202 cm³/mol. The Bertz CT molecular complexity index is 1380. The van der Waals surface area contributed by atoms with Crippen molar-refractivity contribution in [2.24, 2.45) is 5.41 Å². The Labute approximate surface area is 312 Å².